The maximum Gasteiger partial charge on any atom is 0.308 e. The normalized spacial score (nSPS) is 19.8. The zero-order chi connectivity index (χ0) is 53.0. The van der Waals surface area contributed by atoms with Gasteiger partial charge in [0.05, 0.1) is 34.0 Å². The lowest BCUT2D eigenvalue weighted by Crippen LogP contribution is -2.48. The monoisotopic (exact) mass is 1100 g/mol. The third kappa shape index (κ3) is 18.6. The highest BCUT2D eigenvalue weighted by Crippen LogP contribution is 2.34. The molecule has 14 nitrogen and oxygen atoms in total. The summed E-state index contributed by atoms with van der Waals surface area (Å²) in [7, 11) is 0. The van der Waals surface area contributed by atoms with E-state index in [1.54, 1.807) is 24.3 Å². The van der Waals surface area contributed by atoms with Crippen molar-refractivity contribution in [2.24, 2.45) is 17.6 Å². The van der Waals surface area contributed by atoms with Crippen LogP contribution in [0.25, 0.3) is 0 Å². The van der Waals surface area contributed by atoms with E-state index in [4.69, 9.17) is 66.7 Å². The number of carbonyl (C=O) groups is 2. The van der Waals surface area contributed by atoms with Gasteiger partial charge >= 0.3 is 5.97 Å². The molecular formula is C56H79Cl4N7O7. The zero-order valence-electron chi connectivity index (χ0n) is 43.9. The number of nitrogens with one attached hydrogen (secondary N) is 1. The van der Waals surface area contributed by atoms with E-state index < -0.39 is 24.2 Å². The third-order valence-corrected chi connectivity index (χ3v) is 14.4. The van der Waals surface area contributed by atoms with Gasteiger partial charge in [-0.25, -0.2) is 0 Å². The van der Waals surface area contributed by atoms with Crippen molar-refractivity contribution in [3.63, 3.8) is 0 Å². The van der Waals surface area contributed by atoms with Gasteiger partial charge in [0, 0.05) is 66.7 Å². The number of nitrogens with zero attached hydrogens (tertiary/aromatic N) is 4. The Balaban J connectivity index is 0.000000226. The van der Waals surface area contributed by atoms with E-state index in [-0.39, 0.29) is 41.1 Å². The van der Waals surface area contributed by atoms with Gasteiger partial charge in [-0.2, -0.15) is 0 Å². The van der Waals surface area contributed by atoms with Crippen LogP contribution >= 0.6 is 46.4 Å². The molecule has 74 heavy (non-hydrogen) atoms. The van der Waals surface area contributed by atoms with Crippen molar-refractivity contribution in [3.8, 4) is 11.5 Å². The maximum absolute atomic E-state index is 13.3. The molecule has 6 atom stereocenters. The summed E-state index contributed by atoms with van der Waals surface area (Å²) >= 11 is 24.6. The number of likely N-dealkylation sites (tertiary alicyclic amines) is 2. The van der Waals surface area contributed by atoms with Crippen LogP contribution in [0.2, 0.25) is 20.1 Å². The number of carboxylic acids is 1. The van der Waals surface area contributed by atoms with E-state index in [1.807, 2.05) is 102 Å². The highest BCUT2D eigenvalue weighted by Gasteiger charge is 2.34. The van der Waals surface area contributed by atoms with Crippen molar-refractivity contribution in [2.45, 2.75) is 116 Å². The molecule has 4 saturated heterocycles. The summed E-state index contributed by atoms with van der Waals surface area (Å²) in [6.45, 7) is 20.0. The summed E-state index contributed by atoms with van der Waals surface area (Å²) in [5.41, 5.74) is 8.98. The van der Waals surface area contributed by atoms with E-state index in [1.165, 1.54) is 12.8 Å². The van der Waals surface area contributed by atoms with E-state index in [2.05, 4.69) is 24.9 Å². The first-order valence-electron chi connectivity index (χ1n) is 25.6. The van der Waals surface area contributed by atoms with Crippen molar-refractivity contribution in [1.29, 1.82) is 0 Å². The number of halogens is 4. The Morgan fingerprint density at radius 3 is 1.43 bits per heavy atom. The SMILES string of the molecule is CC(C)(C)Oc1ccc([C@@H](O)[C@@H](CN2CCCC2)NC(=O)[C@@H]2CCN(c3ccc(Cl)cc3)C2)cc1Cl.CC(C)(C)Oc1ccc([C@@H](O)[C@H](N)CN2CCCC2)cc1Cl.N.O=C(O)[C@@H]1CCN(c2ccc(Cl)cc2)C1. The highest BCUT2D eigenvalue weighted by molar-refractivity contribution is 6.32. The first-order valence-corrected chi connectivity index (χ1v) is 27.1. The minimum atomic E-state index is -0.885. The average Bonchev–Trinajstić information content (AvgIpc) is 4.20. The van der Waals surface area contributed by atoms with Gasteiger partial charge < -0.3 is 61.6 Å². The number of aliphatic hydroxyl groups is 2. The fraction of sp³-hybridized carbons (Fsp3) is 0.536. The van der Waals surface area contributed by atoms with Gasteiger partial charge in [-0.15, -0.1) is 0 Å². The molecule has 4 aromatic carbocycles. The van der Waals surface area contributed by atoms with Gasteiger partial charge in [0.25, 0.3) is 0 Å². The molecule has 408 valence electrons. The molecule has 8 rings (SSSR count). The van der Waals surface area contributed by atoms with Crippen LogP contribution in [0.3, 0.4) is 0 Å². The number of hydrogen-bond donors (Lipinski definition) is 6. The molecule has 18 heteroatoms. The van der Waals surface area contributed by atoms with Crippen molar-refractivity contribution < 1.29 is 34.4 Å². The molecule has 0 radical (unpaired) electrons. The van der Waals surface area contributed by atoms with Gasteiger partial charge in [0.15, 0.2) is 0 Å². The van der Waals surface area contributed by atoms with E-state index in [0.29, 0.717) is 63.3 Å². The molecule has 4 aliphatic rings. The number of carbonyl (C=O) groups excluding carboxylic acids is 1. The van der Waals surface area contributed by atoms with Crippen LogP contribution in [0.5, 0.6) is 11.5 Å². The number of rotatable bonds is 15. The van der Waals surface area contributed by atoms with Gasteiger partial charge in [-0.3, -0.25) is 9.59 Å². The second-order valence-electron chi connectivity index (χ2n) is 21.6. The maximum atomic E-state index is 13.3. The minimum Gasteiger partial charge on any atom is -0.487 e. The van der Waals surface area contributed by atoms with Crippen LogP contribution in [-0.2, 0) is 9.59 Å². The smallest absolute Gasteiger partial charge is 0.308 e. The average molecular weight is 1100 g/mol. The number of ether oxygens (including phenoxy) is 2. The second-order valence-corrected chi connectivity index (χ2v) is 23.3. The quantitative estimate of drug-likeness (QED) is 0.0658. The van der Waals surface area contributed by atoms with Gasteiger partial charge in [-0.1, -0.05) is 58.5 Å². The number of anilines is 2. The first kappa shape index (κ1) is 60.8. The van der Waals surface area contributed by atoms with Crippen molar-refractivity contribution >= 4 is 69.7 Å². The predicted octanol–water partition coefficient (Wildman–Crippen LogP) is 10.7. The largest absolute Gasteiger partial charge is 0.487 e. The predicted molar refractivity (Wildman–Crippen MR) is 301 cm³/mol. The molecule has 1 amide bonds. The molecule has 0 unspecified atom stereocenters. The van der Waals surface area contributed by atoms with E-state index >= 15 is 0 Å². The standard InChI is InChI=1S/C28H37Cl2N3O3.C17H27ClN2O2.C11H12ClNO2.H3N/c1-28(2,3)36-25-11-6-19(16-23(25)30)26(34)24(18-32-13-4-5-14-32)31-27(35)20-12-15-33(17-20)22-9-7-21(29)8-10-22;1-17(2,3)22-15-7-6-12(10-13(15)18)16(21)14(19)11-20-8-4-5-9-20;12-9-1-3-10(4-2-9)13-6-5-8(7-13)11(14)15;/h6-11,16,20,24,26,34H,4-5,12-15,17-18H2,1-3H3,(H,31,35);6-7,10,14,16,21H,4-5,8-9,11,19H2,1-3H3;1-4,8H,5-7H2,(H,14,15);1H3/t20-,24-,26-;14-,16-;8-;/m111./s1. The number of carboxylic acid groups (broad SMARTS) is 1. The Kier molecular flexibility index (Phi) is 22.9. The minimum absolute atomic E-state index is 0. The number of hydrogen-bond acceptors (Lipinski definition) is 12. The molecule has 4 aromatic rings. The number of nitrogens with two attached hydrogens (primary N) is 1. The molecule has 4 fully saturated rings. The Bertz CT molecular complexity index is 2390. The summed E-state index contributed by atoms with van der Waals surface area (Å²) in [6, 6.07) is 25.2. The Hall–Kier alpha value is -4.06. The zero-order valence-corrected chi connectivity index (χ0v) is 46.9. The fourth-order valence-corrected chi connectivity index (χ4v) is 10.3. The number of aliphatic hydroxyl groups excluding tert-OH is 2. The Morgan fingerprint density at radius 1 is 0.622 bits per heavy atom. The summed E-state index contributed by atoms with van der Waals surface area (Å²) < 4.78 is 11.7. The molecule has 9 N–H and O–H groups in total. The Morgan fingerprint density at radius 2 is 1.03 bits per heavy atom. The van der Waals surface area contributed by atoms with Crippen molar-refractivity contribution in [1.82, 2.24) is 21.3 Å². The summed E-state index contributed by atoms with van der Waals surface area (Å²) in [4.78, 5) is 33.0. The highest BCUT2D eigenvalue weighted by atomic mass is 35.5. The van der Waals surface area contributed by atoms with Crippen LogP contribution < -0.4 is 36.5 Å². The van der Waals surface area contributed by atoms with Crippen LogP contribution in [0.4, 0.5) is 11.4 Å². The molecule has 0 saturated carbocycles. The number of aliphatic carboxylic acids is 1. The molecule has 4 heterocycles. The fourth-order valence-electron chi connectivity index (χ4n) is 9.55. The molecule has 0 aliphatic carbocycles. The van der Waals surface area contributed by atoms with Crippen LogP contribution in [0.15, 0.2) is 84.9 Å². The van der Waals surface area contributed by atoms with Crippen LogP contribution in [0, 0.1) is 11.8 Å². The van der Waals surface area contributed by atoms with Crippen molar-refractivity contribution in [3.05, 3.63) is 116 Å². The van der Waals surface area contributed by atoms with E-state index in [9.17, 15) is 19.8 Å². The third-order valence-electron chi connectivity index (χ3n) is 13.3. The molecule has 4 aliphatic heterocycles. The van der Waals surface area contributed by atoms with Gasteiger partial charge in [0.2, 0.25) is 5.91 Å². The number of benzene rings is 4. The summed E-state index contributed by atoms with van der Waals surface area (Å²) in [5.74, 6) is 0.104. The Labute approximate surface area is 458 Å². The molecule has 0 spiro atoms. The van der Waals surface area contributed by atoms with Crippen LogP contribution in [0.1, 0.15) is 103 Å². The lowest BCUT2D eigenvalue weighted by molar-refractivity contribution is -0.141. The first-order chi connectivity index (χ1) is 34.5. The van der Waals surface area contributed by atoms with Gasteiger partial charge in [-0.05, 0) is 190 Å². The summed E-state index contributed by atoms with van der Waals surface area (Å²) in [5, 5.41) is 36.2. The lowest BCUT2D eigenvalue weighted by atomic mass is 9.99. The van der Waals surface area contributed by atoms with Crippen LogP contribution in [-0.4, -0.2) is 126 Å². The molecule has 0 aromatic heterocycles. The lowest BCUT2D eigenvalue weighted by Gasteiger charge is -2.30. The van der Waals surface area contributed by atoms with E-state index in [0.717, 1.165) is 81.9 Å². The van der Waals surface area contributed by atoms with Crippen molar-refractivity contribution in [2.75, 3.05) is 75.2 Å². The van der Waals surface area contributed by atoms with Gasteiger partial charge in [0.1, 0.15) is 28.8 Å². The molecule has 0 bridgehead atoms. The topological polar surface area (TPSA) is 199 Å². The molecular weight excluding hydrogens is 1020 g/mol. The summed E-state index contributed by atoms with van der Waals surface area (Å²) in [6.07, 6.45) is 4.59. The second kappa shape index (κ2) is 27.8. The number of amides is 1.